The third kappa shape index (κ3) is 5.18. The van der Waals surface area contributed by atoms with Gasteiger partial charge < -0.3 is 28.8 Å². The fourth-order valence-corrected chi connectivity index (χ4v) is 4.54. The Labute approximate surface area is 199 Å². The standard InChI is InChI=1S/C26H32N2O6/c1-3-14-33-20-7-4-6-19(17-20)23-22(24(29)21-9-8-18(2)34-21)25(30)26(31)28(23)11-5-10-27-12-15-32-16-13-27/h4,6-9,17,23,30H,3,5,10-16H2,1-2H3. The average molecular weight is 469 g/mol. The highest BCUT2D eigenvalue weighted by molar-refractivity contribution is 6.14. The number of furan rings is 1. The Kier molecular flexibility index (Phi) is 7.70. The topological polar surface area (TPSA) is 96.5 Å². The third-order valence-corrected chi connectivity index (χ3v) is 6.27. The number of aryl methyl sites for hydroxylation is 1. The summed E-state index contributed by atoms with van der Waals surface area (Å²) in [5, 5.41) is 13.1. The van der Waals surface area contributed by atoms with Crippen LogP contribution in [0, 0.1) is 6.92 Å². The quantitative estimate of drug-likeness (QED) is 0.524. The van der Waals surface area contributed by atoms with Crippen molar-refractivity contribution in [3.63, 3.8) is 0 Å². The maximum Gasteiger partial charge on any atom is 0.239 e. The number of ether oxygens (including phenoxy) is 2. The van der Waals surface area contributed by atoms with E-state index < -0.39 is 23.5 Å². The zero-order chi connectivity index (χ0) is 24.1. The molecule has 1 aromatic carbocycles. The molecule has 0 saturated carbocycles. The number of carbonyl (C=O) groups is 2. The van der Waals surface area contributed by atoms with Crippen molar-refractivity contribution in [2.24, 2.45) is 0 Å². The smallest absolute Gasteiger partial charge is 0.239 e. The number of ketones is 1. The van der Waals surface area contributed by atoms with Crippen LogP contribution in [0.1, 0.15) is 47.7 Å². The van der Waals surface area contributed by atoms with Crippen LogP contribution in [0.2, 0.25) is 0 Å². The van der Waals surface area contributed by atoms with E-state index in [9.17, 15) is 14.7 Å². The Bertz CT molecular complexity index is 1050. The van der Waals surface area contributed by atoms with Gasteiger partial charge in [0, 0.05) is 18.5 Å². The van der Waals surface area contributed by atoms with E-state index in [1.165, 1.54) is 9.80 Å². The summed E-state index contributed by atoms with van der Waals surface area (Å²) in [7, 11) is 0. The van der Waals surface area contributed by atoms with Crippen molar-refractivity contribution >= 4 is 11.7 Å². The first kappa shape index (κ1) is 24.0. The van der Waals surface area contributed by atoms with Gasteiger partial charge in [-0.25, -0.2) is 0 Å². The molecule has 3 heterocycles. The van der Waals surface area contributed by atoms with Crippen molar-refractivity contribution in [2.75, 3.05) is 46.0 Å². The summed E-state index contributed by atoms with van der Waals surface area (Å²) in [6, 6.07) is 9.74. The van der Waals surface area contributed by atoms with Gasteiger partial charge >= 0.3 is 0 Å². The second kappa shape index (κ2) is 10.9. The molecule has 1 amide bonds. The molecule has 1 fully saturated rings. The Morgan fingerprint density at radius 1 is 1.24 bits per heavy atom. The van der Waals surface area contributed by atoms with Crippen LogP contribution in [0.4, 0.5) is 0 Å². The molecule has 4 rings (SSSR count). The number of carbonyl (C=O) groups excluding carboxylic acids is 2. The number of hydrogen-bond acceptors (Lipinski definition) is 6. The number of amides is 1. The molecule has 182 valence electrons. The van der Waals surface area contributed by atoms with E-state index in [2.05, 4.69) is 0 Å². The molecule has 0 bridgehead atoms. The van der Waals surface area contributed by atoms with E-state index >= 15 is 0 Å². The minimum absolute atomic E-state index is 0.0642. The number of rotatable bonds is 10. The molecule has 8 heteroatoms. The summed E-state index contributed by atoms with van der Waals surface area (Å²) in [5.41, 5.74) is 0.615. The minimum atomic E-state index is -0.775. The summed E-state index contributed by atoms with van der Waals surface area (Å²) in [5.74, 6) is -0.674. The summed E-state index contributed by atoms with van der Waals surface area (Å²) < 4.78 is 16.7. The predicted molar refractivity (Wildman–Crippen MR) is 122 cm³/mol. The molecule has 8 nitrogen and oxygen atoms in total. The molecule has 1 aromatic heterocycles. The number of morpholine rings is 1. The molecule has 34 heavy (non-hydrogen) atoms. The molecule has 2 aliphatic heterocycles. The zero-order valence-corrected chi connectivity index (χ0v) is 19.8. The fourth-order valence-electron chi connectivity index (χ4n) is 4.54. The van der Waals surface area contributed by atoms with E-state index in [1.807, 2.05) is 31.2 Å². The number of nitrogens with zero attached hydrogens (tertiary/aromatic N) is 1. The first-order valence-electron chi connectivity index (χ1n) is 12.0. The lowest BCUT2D eigenvalue weighted by molar-refractivity contribution is -0.908. The van der Waals surface area contributed by atoms with Gasteiger partial charge in [0.05, 0.1) is 32.4 Å². The van der Waals surface area contributed by atoms with E-state index in [0.717, 1.165) is 45.7 Å². The zero-order valence-electron chi connectivity index (χ0n) is 19.8. The first-order valence-corrected chi connectivity index (χ1v) is 12.0. The number of nitrogens with one attached hydrogen (secondary N) is 1. The summed E-state index contributed by atoms with van der Waals surface area (Å²) >= 11 is 0. The normalized spacial score (nSPS) is 19.2. The van der Waals surface area contributed by atoms with Crippen LogP contribution in [0.25, 0.3) is 0 Å². The SMILES string of the molecule is CCCOc1cccc(C2C(C(=O)c3ccc(C)o3)=C([O-])C(=O)N2CCC[NH+]2CCOCC2)c1. The number of quaternary nitrogens is 1. The van der Waals surface area contributed by atoms with Crippen LogP contribution in [-0.2, 0) is 9.53 Å². The molecule has 2 aromatic rings. The molecule has 0 aliphatic carbocycles. The molecular weight excluding hydrogens is 436 g/mol. The lowest BCUT2D eigenvalue weighted by Crippen LogP contribution is -3.14. The molecule has 1 unspecified atom stereocenters. The Morgan fingerprint density at radius 3 is 2.74 bits per heavy atom. The van der Waals surface area contributed by atoms with Crippen LogP contribution in [-0.4, -0.2) is 62.6 Å². The van der Waals surface area contributed by atoms with Crippen molar-refractivity contribution in [3.8, 4) is 5.75 Å². The van der Waals surface area contributed by atoms with Crippen molar-refractivity contribution in [1.29, 1.82) is 0 Å². The van der Waals surface area contributed by atoms with Gasteiger partial charge in [-0.2, -0.15) is 0 Å². The minimum Gasteiger partial charge on any atom is -0.868 e. The van der Waals surface area contributed by atoms with Crippen molar-refractivity contribution < 1.29 is 33.5 Å². The average Bonchev–Trinajstić information content (AvgIpc) is 3.40. The van der Waals surface area contributed by atoms with E-state index in [4.69, 9.17) is 13.9 Å². The van der Waals surface area contributed by atoms with Crippen molar-refractivity contribution in [1.82, 2.24) is 4.90 Å². The van der Waals surface area contributed by atoms with Crippen molar-refractivity contribution in [3.05, 3.63) is 64.8 Å². The van der Waals surface area contributed by atoms with E-state index in [0.29, 0.717) is 30.2 Å². The van der Waals surface area contributed by atoms with Crippen LogP contribution < -0.4 is 14.7 Å². The van der Waals surface area contributed by atoms with Gasteiger partial charge in [0.15, 0.2) is 5.76 Å². The van der Waals surface area contributed by atoms with E-state index in [1.54, 1.807) is 19.1 Å². The van der Waals surface area contributed by atoms with Gasteiger partial charge in [0.1, 0.15) is 24.6 Å². The highest BCUT2D eigenvalue weighted by atomic mass is 16.5. The lowest BCUT2D eigenvalue weighted by atomic mass is 9.95. The lowest BCUT2D eigenvalue weighted by Gasteiger charge is -2.29. The monoisotopic (exact) mass is 468 g/mol. The molecular formula is C26H32N2O6. The largest absolute Gasteiger partial charge is 0.868 e. The Balaban J connectivity index is 1.62. The molecule has 1 saturated heterocycles. The maximum absolute atomic E-state index is 13.3. The molecule has 0 spiro atoms. The summed E-state index contributed by atoms with van der Waals surface area (Å²) in [6.45, 7) is 8.89. The molecule has 0 radical (unpaired) electrons. The fraction of sp³-hybridized carbons (Fsp3) is 0.462. The number of Topliss-reactive ketones (excluding diaryl/α,β-unsaturated/α-hetero) is 1. The van der Waals surface area contributed by atoms with Gasteiger partial charge in [-0.15, -0.1) is 0 Å². The Morgan fingerprint density at radius 2 is 2.03 bits per heavy atom. The van der Waals surface area contributed by atoms with Gasteiger partial charge in [-0.05, 0) is 48.9 Å². The molecule has 1 atom stereocenters. The van der Waals surface area contributed by atoms with E-state index in [-0.39, 0.29) is 11.3 Å². The van der Waals surface area contributed by atoms with Gasteiger partial charge in [-0.1, -0.05) is 19.1 Å². The summed E-state index contributed by atoms with van der Waals surface area (Å²) in [4.78, 5) is 29.4. The summed E-state index contributed by atoms with van der Waals surface area (Å²) in [6.07, 6.45) is 1.58. The van der Waals surface area contributed by atoms with Gasteiger partial charge in [-0.3, -0.25) is 9.59 Å². The predicted octanol–water partition coefficient (Wildman–Crippen LogP) is 1.06. The van der Waals surface area contributed by atoms with Crippen LogP contribution in [0.15, 0.2) is 52.1 Å². The van der Waals surface area contributed by atoms with Crippen molar-refractivity contribution in [2.45, 2.75) is 32.7 Å². The maximum atomic E-state index is 13.3. The van der Waals surface area contributed by atoms with Gasteiger partial charge in [0.2, 0.25) is 11.7 Å². The van der Waals surface area contributed by atoms with Gasteiger partial charge in [0.25, 0.3) is 0 Å². The van der Waals surface area contributed by atoms with Crippen LogP contribution in [0.3, 0.4) is 0 Å². The highest BCUT2D eigenvalue weighted by Crippen LogP contribution is 2.39. The second-order valence-corrected chi connectivity index (χ2v) is 8.77. The van der Waals surface area contributed by atoms with Crippen LogP contribution >= 0.6 is 0 Å². The molecule has 1 N–H and O–H groups in total. The third-order valence-electron chi connectivity index (χ3n) is 6.27. The first-order chi connectivity index (χ1) is 16.5. The van der Waals surface area contributed by atoms with Crippen LogP contribution in [0.5, 0.6) is 5.75 Å². The number of benzene rings is 1. The number of hydrogen-bond donors (Lipinski definition) is 1. The Hall–Kier alpha value is -3.10. The molecule has 2 aliphatic rings. The highest BCUT2D eigenvalue weighted by Gasteiger charge is 2.40. The second-order valence-electron chi connectivity index (χ2n) is 8.77.